The number of carbonyl (C=O) groups is 1. The molecule has 7 nitrogen and oxygen atoms in total. The van der Waals surface area contributed by atoms with Gasteiger partial charge in [-0.05, 0) is 43.2 Å². The molecule has 1 unspecified atom stereocenters. The van der Waals surface area contributed by atoms with Crippen molar-refractivity contribution in [1.29, 1.82) is 0 Å². The molecule has 1 saturated heterocycles. The lowest BCUT2D eigenvalue weighted by Gasteiger charge is -2.12. The lowest BCUT2D eigenvalue weighted by molar-refractivity contribution is 0.103. The zero-order valence-corrected chi connectivity index (χ0v) is 15.0. The molecule has 8 heteroatoms. The minimum atomic E-state index is -0.168. The number of methoxy groups -OCH3 is 1. The van der Waals surface area contributed by atoms with Crippen molar-refractivity contribution in [3.63, 3.8) is 0 Å². The highest BCUT2D eigenvalue weighted by Gasteiger charge is 2.21. The Labute approximate surface area is 154 Å². The summed E-state index contributed by atoms with van der Waals surface area (Å²) in [6.07, 6.45) is 5.39. The fourth-order valence-corrected chi connectivity index (χ4v) is 3.91. The average molecular weight is 370 g/mol. The first-order valence-electron chi connectivity index (χ1n) is 8.30. The first kappa shape index (κ1) is 16.7. The molecule has 134 valence electrons. The molecule has 26 heavy (non-hydrogen) atoms. The Morgan fingerprint density at radius 2 is 2.15 bits per heavy atom. The van der Waals surface area contributed by atoms with Crippen molar-refractivity contribution in [3.05, 3.63) is 52.7 Å². The average Bonchev–Trinajstić information content (AvgIpc) is 3.43. The molecule has 4 rings (SSSR count). The molecule has 1 N–H and O–H groups in total. The molecular weight excluding hydrogens is 352 g/mol. The molecule has 3 heterocycles. The van der Waals surface area contributed by atoms with Gasteiger partial charge in [0.2, 0.25) is 0 Å². The highest BCUT2D eigenvalue weighted by Crippen LogP contribution is 2.34. The predicted octanol–water partition coefficient (Wildman–Crippen LogP) is 3.44. The predicted molar refractivity (Wildman–Crippen MR) is 98.1 cm³/mol. The number of ether oxygens (including phenoxy) is 2. The summed E-state index contributed by atoms with van der Waals surface area (Å²) in [6, 6.07) is 9.32. The monoisotopic (exact) mass is 370 g/mol. The van der Waals surface area contributed by atoms with Crippen LogP contribution in [0.3, 0.4) is 0 Å². The Hall–Kier alpha value is -2.71. The fraction of sp³-hybridized carbons (Fsp3) is 0.278. The second kappa shape index (κ2) is 7.27. The Balaban J connectivity index is 1.56. The van der Waals surface area contributed by atoms with E-state index < -0.39 is 0 Å². The third kappa shape index (κ3) is 3.33. The van der Waals surface area contributed by atoms with Gasteiger partial charge in [0.15, 0.2) is 0 Å². The van der Waals surface area contributed by atoms with Gasteiger partial charge in [-0.1, -0.05) is 0 Å². The van der Waals surface area contributed by atoms with Crippen molar-refractivity contribution < 1.29 is 14.3 Å². The SMILES string of the molecule is COc1ccc(-n2cnnc2)cc1NC(=O)c1ccc(C2CCCO2)s1. The highest BCUT2D eigenvalue weighted by molar-refractivity contribution is 7.14. The zero-order valence-electron chi connectivity index (χ0n) is 14.2. The molecule has 0 saturated carbocycles. The van der Waals surface area contributed by atoms with E-state index in [1.165, 1.54) is 11.3 Å². The van der Waals surface area contributed by atoms with Crippen LogP contribution in [-0.4, -0.2) is 34.4 Å². The number of carbonyl (C=O) groups excluding carboxylic acids is 1. The first-order chi connectivity index (χ1) is 12.7. The second-order valence-corrected chi connectivity index (χ2v) is 7.03. The van der Waals surface area contributed by atoms with E-state index in [1.54, 1.807) is 30.4 Å². The van der Waals surface area contributed by atoms with Crippen LogP contribution in [0.1, 0.15) is 33.5 Å². The van der Waals surface area contributed by atoms with Crippen LogP contribution in [0, 0.1) is 0 Å². The Kier molecular flexibility index (Phi) is 4.68. The van der Waals surface area contributed by atoms with Crippen molar-refractivity contribution in [2.24, 2.45) is 0 Å². The largest absolute Gasteiger partial charge is 0.495 e. The van der Waals surface area contributed by atoms with Gasteiger partial charge in [-0.15, -0.1) is 21.5 Å². The summed E-state index contributed by atoms with van der Waals surface area (Å²) in [5, 5.41) is 10.5. The maximum Gasteiger partial charge on any atom is 0.265 e. The van der Waals surface area contributed by atoms with Crippen molar-refractivity contribution in [3.8, 4) is 11.4 Å². The van der Waals surface area contributed by atoms with Crippen molar-refractivity contribution in [2.45, 2.75) is 18.9 Å². The summed E-state index contributed by atoms with van der Waals surface area (Å²) >= 11 is 1.47. The van der Waals surface area contributed by atoms with Crippen LogP contribution in [0.5, 0.6) is 5.75 Å². The van der Waals surface area contributed by atoms with Crippen LogP contribution in [0.25, 0.3) is 5.69 Å². The Bertz CT molecular complexity index is 901. The third-order valence-corrected chi connectivity index (χ3v) is 5.42. The number of hydrogen-bond donors (Lipinski definition) is 1. The summed E-state index contributed by atoms with van der Waals surface area (Å²) in [5.74, 6) is 0.421. The number of benzene rings is 1. The zero-order chi connectivity index (χ0) is 17.9. The normalized spacial score (nSPS) is 16.6. The van der Waals surface area contributed by atoms with E-state index in [-0.39, 0.29) is 12.0 Å². The molecule has 0 spiro atoms. The van der Waals surface area contributed by atoms with Gasteiger partial charge in [0.1, 0.15) is 18.4 Å². The second-order valence-electron chi connectivity index (χ2n) is 5.91. The molecular formula is C18H18N4O3S. The van der Waals surface area contributed by atoms with Crippen LogP contribution in [0.2, 0.25) is 0 Å². The van der Waals surface area contributed by atoms with Crippen molar-refractivity contribution in [1.82, 2.24) is 14.8 Å². The minimum absolute atomic E-state index is 0.119. The van der Waals surface area contributed by atoms with Crippen LogP contribution in [0.15, 0.2) is 43.0 Å². The number of aromatic nitrogens is 3. The fourth-order valence-electron chi connectivity index (χ4n) is 2.92. The van der Waals surface area contributed by atoms with Crippen molar-refractivity contribution >= 4 is 22.9 Å². The van der Waals surface area contributed by atoms with E-state index in [4.69, 9.17) is 9.47 Å². The first-order valence-corrected chi connectivity index (χ1v) is 9.12. The standard InChI is InChI=1S/C18H18N4O3S/c1-24-14-5-4-12(22-10-19-20-11-22)9-13(14)21-18(23)17-7-6-16(26-17)15-3-2-8-25-15/h4-7,9-11,15H,2-3,8H2,1H3,(H,21,23). The maximum absolute atomic E-state index is 12.7. The molecule has 1 amide bonds. The number of rotatable bonds is 5. The van der Waals surface area contributed by atoms with Gasteiger partial charge in [0, 0.05) is 11.5 Å². The molecule has 1 aliphatic rings. The van der Waals surface area contributed by atoms with E-state index in [0.717, 1.165) is 30.0 Å². The van der Waals surface area contributed by atoms with Gasteiger partial charge in [-0.2, -0.15) is 0 Å². The number of thiophene rings is 1. The van der Waals surface area contributed by atoms with E-state index in [9.17, 15) is 4.79 Å². The smallest absolute Gasteiger partial charge is 0.265 e. The van der Waals surface area contributed by atoms with E-state index in [0.29, 0.717) is 16.3 Å². The van der Waals surface area contributed by atoms with Gasteiger partial charge in [0.25, 0.3) is 5.91 Å². The Morgan fingerprint density at radius 1 is 1.31 bits per heavy atom. The van der Waals surface area contributed by atoms with E-state index in [2.05, 4.69) is 15.5 Å². The lowest BCUT2D eigenvalue weighted by atomic mass is 10.2. The molecule has 0 aliphatic carbocycles. The molecule has 0 bridgehead atoms. The van der Waals surface area contributed by atoms with Crippen LogP contribution < -0.4 is 10.1 Å². The van der Waals surface area contributed by atoms with Gasteiger partial charge >= 0.3 is 0 Å². The summed E-state index contributed by atoms with van der Waals surface area (Å²) in [4.78, 5) is 14.4. The highest BCUT2D eigenvalue weighted by atomic mass is 32.1. The van der Waals surface area contributed by atoms with E-state index >= 15 is 0 Å². The summed E-state index contributed by atoms with van der Waals surface area (Å²) in [5.41, 5.74) is 1.42. The quantitative estimate of drug-likeness (QED) is 0.744. The minimum Gasteiger partial charge on any atom is -0.495 e. The number of anilines is 1. The number of amides is 1. The van der Waals surface area contributed by atoms with Gasteiger partial charge in [-0.25, -0.2) is 0 Å². The third-order valence-electron chi connectivity index (χ3n) is 4.25. The number of hydrogen-bond acceptors (Lipinski definition) is 6. The van der Waals surface area contributed by atoms with Crippen LogP contribution in [0.4, 0.5) is 5.69 Å². The van der Waals surface area contributed by atoms with Crippen LogP contribution >= 0.6 is 11.3 Å². The lowest BCUT2D eigenvalue weighted by Crippen LogP contribution is -2.11. The molecule has 1 fully saturated rings. The van der Waals surface area contributed by atoms with Gasteiger partial charge in [0.05, 0.1) is 29.5 Å². The number of nitrogens with zero attached hydrogens (tertiary/aromatic N) is 3. The molecule has 0 radical (unpaired) electrons. The molecule has 1 aliphatic heterocycles. The molecule has 1 atom stereocenters. The summed E-state index contributed by atoms with van der Waals surface area (Å²) < 4.78 is 12.8. The summed E-state index contributed by atoms with van der Waals surface area (Å²) in [7, 11) is 1.57. The molecule has 1 aromatic carbocycles. The number of nitrogens with one attached hydrogen (secondary N) is 1. The maximum atomic E-state index is 12.7. The van der Waals surface area contributed by atoms with Crippen molar-refractivity contribution in [2.75, 3.05) is 19.0 Å². The van der Waals surface area contributed by atoms with Crippen LogP contribution in [-0.2, 0) is 4.74 Å². The van der Waals surface area contributed by atoms with Gasteiger partial charge < -0.3 is 14.8 Å². The molecule has 3 aromatic rings. The topological polar surface area (TPSA) is 78.3 Å². The van der Waals surface area contributed by atoms with Gasteiger partial charge in [-0.3, -0.25) is 9.36 Å². The van der Waals surface area contributed by atoms with E-state index in [1.807, 2.05) is 24.3 Å². The molecule has 2 aromatic heterocycles. The summed E-state index contributed by atoms with van der Waals surface area (Å²) in [6.45, 7) is 0.789. The Morgan fingerprint density at radius 3 is 2.88 bits per heavy atom.